The summed E-state index contributed by atoms with van der Waals surface area (Å²) in [5, 5.41) is 3.33. The molecule has 0 spiro atoms. The number of anilines is 1. The largest absolute Gasteiger partial charge is 0.385 e. The lowest BCUT2D eigenvalue weighted by Gasteiger charge is -2.19. The number of aryl methyl sites for hydroxylation is 1. The summed E-state index contributed by atoms with van der Waals surface area (Å²) in [5.74, 6) is 1.03. The molecule has 0 radical (unpaired) electrons. The van der Waals surface area contributed by atoms with E-state index in [4.69, 9.17) is 4.74 Å². The number of hydrogen-bond donors (Lipinski definition) is 1. The highest BCUT2D eigenvalue weighted by molar-refractivity contribution is 5.40. The van der Waals surface area contributed by atoms with Crippen LogP contribution < -0.4 is 10.2 Å². The molecule has 0 saturated carbocycles. The van der Waals surface area contributed by atoms with Crippen molar-refractivity contribution < 1.29 is 4.74 Å². The summed E-state index contributed by atoms with van der Waals surface area (Å²) in [6.45, 7) is 7.82. The second-order valence-corrected chi connectivity index (χ2v) is 4.46. The van der Waals surface area contributed by atoms with Crippen LogP contribution in [0, 0.1) is 6.92 Å². The predicted octanol–water partition coefficient (Wildman–Crippen LogP) is 1.97. The van der Waals surface area contributed by atoms with Gasteiger partial charge in [0.15, 0.2) is 0 Å². The molecule has 0 unspecified atom stereocenters. The van der Waals surface area contributed by atoms with Crippen molar-refractivity contribution in [3.05, 3.63) is 23.4 Å². The van der Waals surface area contributed by atoms with Crippen molar-refractivity contribution in [2.45, 2.75) is 26.8 Å². The first kappa shape index (κ1) is 14.9. The molecule has 1 aromatic rings. The van der Waals surface area contributed by atoms with Crippen LogP contribution in [0.5, 0.6) is 0 Å². The van der Waals surface area contributed by atoms with Gasteiger partial charge in [0.1, 0.15) is 5.82 Å². The third kappa shape index (κ3) is 4.63. The summed E-state index contributed by atoms with van der Waals surface area (Å²) in [6.07, 6.45) is 1.02. The molecule has 0 aliphatic carbocycles. The third-order valence-corrected chi connectivity index (χ3v) is 2.98. The monoisotopic (exact) mass is 251 g/mol. The fourth-order valence-corrected chi connectivity index (χ4v) is 1.80. The molecular weight excluding hydrogens is 226 g/mol. The van der Waals surface area contributed by atoms with Crippen LogP contribution in [0.1, 0.15) is 24.6 Å². The number of nitrogens with one attached hydrogen (secondary N) is 1. The van der Waals surface area contributed by atoms with E-state index in [1.165, 1.54) is 5.56 Å². The van der Waals surface area contributed by atoms with Gasteiger partial charge in [-0.05, 0) is 31.5 Å². The highest BCUT2D eigenvalue weighted by atomic mass is 16.5. The minimum absolute atomic E-state index is 0.793. The van der Waals surface area contributed by atoms with Crippen LogP contribution >= 0.6 is 0 Å². The average molecular weight is 251 g/mol. The second kappa shape index (κ2) is 8.06. The summed E-state index contributed by atoms with van der Waals surface area (Å²) in [5.41, 5.74) is 2.37. The fourth-order valence-electron chi connectivity index (χ4n) is 1.80. The van der Waals surface area contributed by atoms with Gasteiger partial charge in [0.2, 0.25) is 0 Å². The van der Waals surface area contributed by atoms with Gasteiger partial charge >= 0.3 is 0 Å². The zero-order valence-electron chi connectivity index (χ0n) is 12.0. The van der Waals surface area contributed by atoms with Crippen molar-refractivity contribution in [1.82, 2.24) is 10.3 Å². The van der Waals surface area contributed by atoms with E-state index >= 15 is 0 Å². The number of pyridine rings is 1. The standard InChI is InChI=1S/C14H25N3O/c1-5-15-11-13-7-8-14(16-12(13)2)17(3)9-6-10-18-4/h7-8,15H,5-6,9-11H2,1-4H3. The molecular formula is C14H25N3O. The van der Waals surface area contributed by atoms with Gasteiger partial charge in [-0.1, -0.05) is 13.0 Å². The van der Waals surface area contributed by atoms with Gasteiger partial charge in [-0.3, -0.25) is 0 Å². The summed E-state index contributed by atoms with van der Waals surface area (Å²) >= 11 is 0. The summed E-state index contributed by atoms with van der Waals surface area (Å²) < 4.78 is 5.06. The van der Waals surface area contributed by atoms with E-state index in [0.717, 1.165) is 44.2 Å². The SMILES string of the molecule is CCNCc1ccc(N(C)CCCOC)nc1C. The normalized spacial score (nSPS) is 10.7. The lowest BCUT2D eigenvalue weighted by atomic mass is 10.2. The Labute approximate surface area is 110 Å². The molecule has 0 atom stereocenters. The molecule has 0 aliphatic heterocycles. The topological polar surface area (TPSA) is 37.4 Å². The molecule has 0 aliphatic rings. The number of methoxy groups -OCH3 is 1. The van der Waals surface area contributed by atoms with Gasteiger partial charge in [-0.15, -0.1) is 0 Å². The van der Waals surface area contributed by atoms with E-state index in [9.17, 15) is 0 Å². The van der Waals surface area contributed by atoms with Gasteiger partial charge < -0.3 is 15.0 Å². The Morgan fingerprint density at radius 1 is 1.39 bits per heavy atom. The molecule has 0 fully saturated rings. The predicted molar refractivity (Wildman–Crippen MR) is 76.1 cm³/mol. The minimum Gasteiger partial charge on any atom is -0.385 e. The van der Waals surface area contributed by atoms with Gasteiger partial charge in [0.05, 0.1) is 0 Å². The van der Waals surface area contributed by atoms with Crippen LogP contribution in [0.15, 0.2) is 12.1 Å². The van der Waals surface area contributed by atoms with E-state index in [-0.39, 0.29) is 0 Å². The zero-order chi connectivity index (χ0) is 13.4. The van der Waals surface area contributed by atoms with Crippen LogP contribution in [0.4, 0.5) is 5.82 Å². The molecule has 0 saturated heterocycles. The Hall–Kier alpha value is -1.13. The molecule has 4 nitrogen and oxygen atoms in total. The number of nitrogens with zero attached hydrogens (tertiary/aromatic N) is 2. The highest BCUT2D eigenvalue weighted by Gasteiger charge is 2.05. The highest BCUT2D eigenvalue weighted by Crippen LogP contribution is 2.13. The van der Waals surface area contributed by atoms with Crippen molar-refractivity contribution in [3.8, 4) is 0 Å². The Morgan fingerprint density at radius 3 is 2.78 bits per heavy atom. The van der Waals surface area contributed by atoms with E-state index in [2.05, 4.69) is 48.2 Å². The molecule has 1 aromatic heterocycles. The maximum Gasteiger partial charge on any atom is 0.128 e. The molecule has 0 amide bonds. The van der Waals surface area contributed by atoms with Crippen molar-refractivity contribution in [2.24, 2.45) is 0 Å². The quantitative estimate of drug-likeness (QED) is 0.717. The zero-order valence-corrected chi connectivity index (χ0v) is 12.0. The van der Waals surface area contributed by atoms with Crippen LogP contribution in [0.3, 0.4) is 0 Å². The molecule has 0 aromatic carbocycles. The fraction of sp³-hybridized carbons (Fsp3) is 0.643. The third-order valence-electron chi connectivity index (χ3n) is 2.98. The maximum absolute atomic E-state index is 5.06. The van der Waals surface area contributed by atoms with Crippen LogP contribution in [0.25, 0.3) is 0 Å². The molecule has 4 heteroatoms. The van der Waals surface area contributed by atoms with Crippen molar-refractivity contribution in [3.63, 3.8) is 0 Å². The van der Waals surface area contributed by atoms with Crippen LogP contribution in [-0.2, 0) is 11.3 Å². The second-order valence-electron chi connectivity index (χ2n) is 4.46. The number of aromatic nitrogens is 1. The first-order valence-corrected chi connectivity index (χ1v) is 6.56. The molecule has 1 heterocycles. The van der Waals surface area contributed by atoms with Gasteiger partial charge in [0, 0.05) is 39.5 Å². The minimum atomic E-state index is 0.793. The molecule has 18 heavy (non-hydrogen) atoms. The summed E-state index contributed by atoms with van der Waals surface area (Å²) in [6, 6.07) is 4.25. The van der Waals surface area contributed by atoms with Crippen molar-refractivity contribution in [1.29, 1.82) is 0 Å². The van der Waals surface area contributed by atoms with Gasteiger partial charge in [-0.2, -0.15) is 0 Å². The van der Waals surface area contributed by atoms with Gasteiger partial charge in [-0.25, -0.2) is 4.98 Å². The molecule has 1 N–H and O–H groups in total. The maximum atomic E-state index is 5.06. The Morgan fingerprint density at radius 2 is 2.17 bits per heavy atom. The summed E-state index contributed by atoms with van der Waals surface area (Å²) in [4.78, 5) is 6.82. The van der Waals surface area contributed by atoms with Crippen molar-refractivity contribution >= 4 is 5.82 Å². The first-order chi connectivity index (χ1) is 8.69. The average Bonchev–Trinajstić information content (AvgIpc) is 2.37. The van der Waals surface area contributed by atoms with E-state index in [1.807, 2.05) is 0 Å². The van der Waals surface area contributed by atoms with Crippen LogP contribution in [0.2, 0.25) is 0 Å². The van der Waals surface area contributed by atoms with Gasteiger partial charge in [0.25, 0.3) is 0 Å². The van der Waals surface area contributed by atoms with Crippen molar-refractivity contribution in [2.75, 3.05) is 38.8 Å². The molecule has 0 bridgehead atoms. The summed E-state index contributed by atoms with van der Waals surface area (Å²) in [7, 11) is 3.80. The lowest BCUT2D eigenvalue weighted by molar-refractivity contribution is 0.196. The smallest absolute Gasteiger partial charge is 0.128 e. The Bertz CT molecular complexity index is 355. The lowest BCUT2D eigenvalue weighted by Crippen LogP contribution is -2.21. The first-order valence-electron chi connectivity index (χ1n) is 6.56. The van der Waals surface area contributed by atoms with E-state index in [0.29, 0.717) is 0 Å². The van der Waals surface area contributed by atoms with E-state index < -0.39 is 0 Å². The number of rotatable bonds is 8. The number of ether oxygens (including phenoxy) is 1. The number of hydrogen-bond acceptors (Lipinski definition) is 4. The molecule has 1 rings (SSSR count). The van der Waals surface area contributed by atoms with Crippen LogP contribution in [-0.4, -0.2) is 38.8 Å². The van der Waals surface area contributed by atoms with E-state index in [1.54, 1.807) is 7.11 Å². The Kier molecular flexibility index (Phi) is 6.68. The Balaban J connectivity index is 2.59. The molecule has 102 valence electrons.